The number of aromatic nitrogens is 1. The highest BCUT2D eigenvalue weighted by Gasteiger charge is 2.45. The van der Waals surface area contributed by atoms with Crippen molar-refractivity contribution in [3.63, 3.8) is 0 Å². The van der Waals surface area contributed by atoms with E-state index in [0.29, 0.717) is 4.47 Å². The molecule has 0 spiro atoms. The topological polar surface area (TPSA) is 62.6 Å². The van der Waals surface area contributed by atoms with Gasteiger partial charge < -0.3 is 14.9 Å². The Bertz CT molecular complexity index is 698. The number of ether oxygens (including phenoxy) is 1. The Morgan fingerprint density at radius 1 is 1.23 bits per heavy atom. The molecule has 0 aliphatic heterocycles. The van der Waals surface area contributed by atoms with Crippen LogP contribution in [0.5, 0.6) is 11.6 Å². The van der Waals surface area contributed by atoms with Crippen LogP contribution in [0.4, 0.5) is 8.78 Å². The number of aliphatic hydroxyl groups is 1. The molecule has 2 rings (SSSR count). The summed E-state index contributed by atoms with van der Waals surface area (Å²) in [6, 6.07) is 6.65. The van der Waals surface area contributed by atoms with Crippen LogP contribution in [0.2, 0.25) is 0 Å². The fraction of sp³-hybridized carbons (Fsp3) is 0.214. The lowest BCUT2D eigenvalue weighted by Crippen LogP contribution is -2.26. The first-order valence-corrected chi connectivity index (χ1v) is 7.61. The van der Waals surface area contributed by atoms with Gasteiger partial charge in [0, 0.05) is 20.6 Å². The maximum absolute atomic E-state index is 14.6. The normalized spacial score (nSPS) is 13.0. The summed E-state index contributed by atoms with van der Waals surface area (Å²) in [6.45, 7) is 0. The van der Waals surface area contributed by atoms with Crippen LogP contribution in [0.1, 0.15) is 17.4 Å². The monoisotopic (exact) mass is 437 g/mol. The van der Waals surface area contributed by atoms with Gasteiger partial charge in [0.05, 0.1) is 7.11 Å². The average Bonchev–Trinajstić information content (AvgIpc) is 2.47. The van der Waals surface area contributed by atoms with Crippen LogP contribution in [-0.2, 0) is 5.92 Å². The van der Waals surface area contributed by atoms with Gasteiger partial charge in [-0.25, -0.2) is 4.98 Å². The minimum Gasteiger partial charge on any atom is -0.508 e. The summed E-state index contributed by atoms with van der Waals surface area (Å²) in [7, 11) is 1.30. The number of aliphatic hydroxyl groups excluding tert-OH is 1. The Labute approximate surface area is 142 Å². The van der Waals surface area contributed by atoms with Crippen molar-refractivity contribution in [1.82, 2.24) is 4.98 Å². The van der Waals surface area contributed by atoms with Gasteiger partial charge in [-0.15, -0.1) is 0 Å². The Balaban J connectivity index is 2.49. The van der Waals surface area contributed by atoms with E-state index in [2.05, 4.69) is 36.8 Å². The zero-order valence-corrected chi connectivity index (χ0v) is 14.4. The molecule has 118 valence electrons. The van der Waals surface area contributed by atoms with Gasteiger partial charge in [-0.2, -0.15) is 8.78 Å². The summed E-state index contributed by atoms with van der Waals surface area (Å²) in [5, 5.41) is 19.8. The lowest BCUT2D eigenvalue weighted by Gasteiger charge is -2.24. The van der Waals surface area contributed by atoms with E-state index in [9.17, 15) is 19.0 Å². The van der Waals surface area contributed by atoms with E-state index in [4.69, 9.17) is 4.74 Å². The number of halogens is 4. The second-order valence-corrected chi connectivity index (χ2v) is 6.18. The SMILES string of the molecule is COc1ccc(Br)c(C(F)(F)C(O)c2ccc(Br)cc2O)n1. The predicted octanol–water partition coefficient (Wildman–Crippen LogP) is 4.15. The van der Waals surface area contributed by atoms with E-state index in [1.54, 1.807) is 0 Å². The number of phenols is 1. The van der Waals surface area contributed by atoms with Crippen LogP contribution < -0.4 is 4.74 Å². The van der Waals surface area contributed by atoms with Crippen molar-refractivity contribution in [2.45, 2.75) is 12.0 Å². The number of benzene rings is 1. The van der Waals surface area contributed by atoms with Gasteiger partial charge in [-0.05, 0) is 34.1 Å². The lowest BCUT2D eigenvalue weighted by molar-refractivity contribution is -0.122. The molecular formula is C14H11Br2F2NO3. The van der Waals surface area contributed by atoms with Gasteiger partial charge >= 0.3 is 5.92 Å². The largest absolute Gasteiger partial charge is 0.508 e. The molecule has 0 fully saturated rings. The van der Waals surface area contributed by atoms with E-state index >= 15 is 0 Å². The molecule has 1 heterocycles. The van der Waals surface area contributed by atoms with Crippen molar-refractivity contribution in [3.8, 4) is 11.6 Å². The molecule has 4 nitrogen and oxygen atoms in total. The minimum atomic E-state index is -3.74. The molecule has 0 aliphatic carbocycles. The molecule has 1 unspecified atom stereocenters. The number of hydrogen-bond acceptors (Lipinski definition) is 4. The van der Waals surface area contributed by atoms with Gasteiger partial charge in [0.2, 0.25) is 5.88 Å². The third-order valence-electron chi connectivity index (χ3n) is 2.98. The molecule has 8 heteroatoms. The number of nitrogens with zero attached hydrogens (tertiary/aromatic N) is 1. The molecule has 0 radical (unpaired) electrons. The van der Waals surface area contributed by atoms with Crippen LogP contribution in [0, 0.1) is 0 Å². The number of rotatable bonds is 4. The summed E-state index contributed by atoms with van der Waals surface area (Å²) < 4.78 is 34.5. The van der Waals surface area contributed by atoms with E-state index in [0.717, 1.165) is 0 Å². The van der Waals surface area contributed by atoms with Gasteiger partial charge in [0.15, 0.2) is 6.10 Å². The smallest absolute Gasteiger partial charge is 0.320 e. The zero-order chi connectivity index (χ0) is 16.5. The number of hydrogen-bond donors (Lipinski definition) is 2. The maximum atomic E-state index is 14.6. The van der Waals surface area contributed by atoms with E-state index in [-0.39, 0.29) is 15.9 Å². The maximum Gasteiger partial charge on any atom is 0.320 e. The standard InChI is InChI=1S/C14H11Br2F2NO3/c1-22-11-5-4-9(16)12(19-11)14(17,18)13(21)8-3-2-7(15)6-10(8)20/h2-6,13,20-21H,1H3. The highest BCUT2D eigenvalue weighted by molar-refractivity contribution is 9.10. The summed E-state index contributed by atoms with van der Waals surface area (Å²) in [5.41, 5.74) is -0.980. The van der Waals surface area contributed by atoms with Crippen molar-refractivity contribution in [2.24, 2.45) is 0 Å². The number of aromatic hydroxyl groups is 1. The number of alkyl halides is 2. The average molecular weight is 439 g/mol. The molecule has 2 aromatic rings. The Morgan fingerprint density at radius 3 is 2.50 bits per heavy atom. The molecule has 0 amide bonds. The third kappa shape index (κ3) is 3.23. The second-order valence-electron chi connectivity index (χ2n) is 4.41. The van der Waals surface area contributed by atoms with Crippen molar-refractivity contribution in [3.05, 3.63) is 50.5 Å². The fourth-order valence-corrected chi connectivity index (χ4v) is 2.68. The minimum absolute atomic E-state index is 0.00916. The van der Waals surface area contributed by atoms with Crippen molar-refractivity contribution in [1.29, 1.82) is 0 Å². The number of pyridine rings is 1. The summed E-state index contributed by atoms with van der Waals surface area (Å²) in [5.74, 6) is -4.19. The van der Waals surface area contributed by atoms with Gasteiger partial charge in [-0.1, -0.05) is 22.0 Å². The highest BCUT2D eigenvalue weighted by Crippen LogP contribution is 2.45. The molecule has 1 aromatic carbocycles. The van der Waals surface area contributed by atoms with Crippen LogP contribution >= 0.6 is 31.9 Å². The van der Waals surface area contributed by atoms with Crippen LogP contribution in [-0.4, -0.2) is 22.3 Å². The molecule has 22 heavy (non-hydrogen) atoms. The Hall–Kier alpha value is -1.25. The highest BCUT2D eigenvalue weighted by atomic mass is 79.9. The lowest BCUT2D eigenvalue weighted by atomic mass is 10.00. The molecule has 0 saturated carbocycles. The number of phenolic OH excluding ortho intramolecular Hbond substituents is 1. The third-order valence-corrected chi connectivity index (χ3v) is 4.11. The molecule has 1 aromatic heterocycles. The quantitative estimate of drug-likeness (QED) is 0.752. The van der Waals surface area contributed by atoms with Gasteiger partial charge in [0.1, 0.15) is 11.4 Å². The van der Waals surface area contributed by atoms with Crippen molar-refractivity contribution >= 4 is 31.9 Å². The van der Waals surface area contributed by atoms with Gasteiger partial charge in [0.25, 0.3) is 0 Å². The van der Waals surface area contributed by atoms with E-state index in [1.165, 1.54) is 37.4 Å². The summed E-state index contributed by atoms with van der Waals surface area (Å²) >= 11 is 6.09. The van der Waals surface area contributed by atoms with E-state index < -0.39 is 23.5 Å². The fourth-order valence-electron chi connectivity index (χ4n) is 1.84. The summed E-state index contributed by atoms with van der Waals surface area (Å²) in [4.78, 5) is 3.69. The zero-order valence-electron chi connectivity index (χ0n) is 11.2. The second kappa shape index (κ2) is 6.47. The van der Waals surface area contributed by atoms with Crippen LogP contribution in [0.15, 0.2) is 39.3 Å². The first-order chi connectivity index (χ1) is 10.3. The Morgan fingerprint density at radius 2 is 1.91 bits per heavy atom. The Kier molecular flexibility index (Phi) is 5.03. The first-order valence-electron chi connectivity index (χ1n) is 6.02. The molecule has 0 saturated heterocycles. The molecule has 0 aliphatic rings. The first kappa shape index (κ1) is 17.1. The van der Waals surface area contributed by atoms with Crippen molar-refractivity contribution in [2.75, 3.05) is 7.11 Å². The predicted molar refractivity (Wildman–Crippen MR) is 83.1 cm³/mol. The molecule has 0 bridgehead atoms. The van der Waals surface area contributed by atoms with Gasteiger partial charge in [-0.3, -0.25) is 0 Å². The van der Waals surface area contributed by atoms with Crippen molar-refractivity contribution < 1.29 is 23.7 Å². The van der Waals surface area contributed by atoms with E-state index in [1.807, 2.05) is 0 Å². The summed E-state index contributed by atoms with van der Waals surface area (Å²) in [6.07, 6.45) is -2.27. The molecule has 2 N–H and O–H groups in total. The van der Waals surface area contributed by atoms with Crippen LogP contribution in [0.3, 0.4) is 0 Å². The number of methoxy groups -OCH3 is 1. The molecule has 1 atom stereocenters. The molecular weight excluding hydrogens is 428 g/mol. The van der Waals surface area contributed by atoms with Crippen LogP contribution in [0.25, 0.3) is 0 Å².